The summed E-state index contributed by atoms with van der Waals surface area (Å²) in [6, 6.07) is 3.87. The molecule has 0 aliphatic rings. The van der Waals surface area contributed by atoms with Crippen molar-refractivity contribution in [3.63, 3.8) is 0 Å². The van der Waals surface area contributed by atoms with E-state index in [1.165, 1.54) is 0 Å². The summed E-state index contributed by atoms with van der Waals surface area (Å²) in [5.41, 5.74) is 1.00. The Labute approximate surface area is 76.3 Å². The monoisotopic (exact) mass is 174 g/mol. The van der Waals surface area contributed by atoms with Crippen LogP contribution in [-0.2, 0) is 6.54 Å². The van der Waals surface area contributed by atoms with Crippen molar-refractivity contribution in [1.82, 2.24) is 19.7 Å². The van der Waals surface area contributed by atoms with Crippen molar-refractivity contribution in [1.29, 1.82) is 0 Å². The highest BCUT2D eigenvalue weighted by Gasteiger charge is 2.04. The molecule has 0 amide bonds. The highest BCUT2D eigenvalue weighted by atomic mass is 15.3. The van der Waals surface area contributed by atoms with Crippen LogP contribution in [0.1, 0.15) is 6.92 Å². The van der Waals surface area contributed by atoms with E-state index in [4.69, 9.17) is 0 Å². The quantitative estimate of drug-likeness (QED) is 0.690. The Balaban J connectivity index is 2.47. The second-order valence-corrected chi connectivity index (χ2v) is 2.64. The third kappa shape index (κ3) is 1.42. The van der Waals surface area contributed by atoms with Gasteiger partial charge in [-0.2, -0.15) is 5.10 Å². The Bertz CT molecular complexity index is 380. The molecule has 0 aliphatic heterocycles. The van der Waals surface area contributed by atoms with Gasteiger partial charge in [0.05, 0.1) is 0 Å². The van der Waals surface area contributed by atoms with Crippen LogP contribution in [0.2, 0.25) is 0 Å². The van der Waals surface area contributed by atoms with Gasteiger partial charge in [-0.1, -0.05) is 0 Å². The summed E-state index contributed by atoms with van der Waals surface area (Å²) in [4.78, 5) is 8.20. The van der Waals surface area contributed by atoms with Crippen molar-refractivity contribution in [2.24, 2.45) is 0 Å². The van der Waals surface area contributed by atoms with Crippen molar-refractivity contribution < 1.29 is 0 Å². The molecule has 2 aromatic heterocycles. The lowest BCUT2D eigenvalue weighted by Crippen LogP contribution is -1.99. The summed E-state index contributed by atoms with van der Waals surface area (Å²) in [7, 11) is 0. The van der Waals surface area contributed by atoms with Crippen LogP contribution in [0.3, 0.4) is 0 Å². The highest BCUT2D eigenvalue weighted by Crippen LogP contribution is 2.13. The van der Waals surface area contributed by atoms with E-state index in [-0.39, 0.29) is 0 Å². The number of aromatic nitrogens is 4. The summed E-state index contributed by atoms with van der Waals surface area (Å²) in [5, 5.41) is 4.09. The topological polar surface area (TPSA) is 43.6 Å². The van der Waals surface area contributed by atoms with E-state index >= 15 is 0 Å². The zero-order valence-corrected chi connectivity index (χ0v) is 7.38. The Kier molecular flexibility index (Phi) is 2.04. The van der Waals surface area contributed by atoms with E-state index in [1.54, 1.807) is 18.7 Å². The van der Waals surface area contributed by atoms with Gasteiger partial charge in [-0.15, -0.1) is 0 Å². The van der Waals surface area contributed by atoms with Crippen molar-refractivity contribution in [3.8, 4) is 11.4 Å². The molecular formula is C9H10N4. The fourth-order valence-electron chi connectivity index (χ4n) is 1.21. The van der Waals surface area contributed by atoms with Crippen LogP contribution in [0.15, 0.2) is 30.9 Å². The maximum atomic E-state index is 4.17. The second kappa shape index (κ2) is 3.35. The minimum Gasteiger partial charge on any atom is -0.264 e. The van der Waals surface area contributed by atoms with Crippen LogP contribution in [0.4, 0.5) is 0 Å². The minimum absolute atomic E-state index is 0.824. The van der Waals surface area contributed by atoms with Crippen molar-refractivity contribution >= 4 is 0 Å². The molecule has 4 heteroatoms. The highest BCUT2D eigenvalue weighted by molar-refractivity contribution is 5.52. The average Bonchev–Trinajstić information content (AvgIpc) is 2.67. The molecule has 0 radical (unpaired) electrons. The molecule has 2 heterocycles. The molecule has 13 heavy (non-hydrogen) atoms. The second-order valence-electron chi connectivity index (χ2n) is 2.64. The molecule has 0 spiro atoms. The van der Waals surface area contributed by atoms with Gasteiger partial charge < -0.3 is 0 Å². The van der Waals surface area contributed by atoms with Crippen LogP contribution in [0, 0.1) is 0 Å². The molecule has 66 valence electrons. The number of nitrogens with zero attached hydrogens (tertiary/aromatic N) is 4. The van der Waals surface area contributed by atoms with Crippen LogP contribution in [0.25, 0.3) is 11.4 Å². The molecule has 2 rings (SSSR count). The van der Waals surface area contributed by atoms with Crippen LogP contribution >= 0.6 is 0 Å². The minimum atomic E-state index is 0.824. The van der Waals surface area contributed by atoms with Crippen LogP contribution < -0.4 is 0 Å². The lowest BCUT2D eigenvalue weighted by atomic mass is 10.3. The summed E-state index contributed by atoms with van der Waals surface area (Å²) in [6.07, 6.45) is 5.10. The molecule has 0 aromatic carbocycles. The number of hydrogen-bond acceptors (Lipinski definition) is 3. The first kappa shape index (κ1) is 7.91. The third-order valence-corrected chi connectivity index (χ3v) is 1.83. The summed E-state index contributed by atoms with van der Waals surface area (Å²) >= 11 is 0. The van der Waals surface area contributed by atoms with E-state index in [9.17, 15) is 0 Å². The van der Waals surface area contributed by atoms with Gasteiger partial charge in [-0.05, 0) is 19.1 Å². The van der Waals surface area contributed by atoms with Crippen molar-refractivity contribution in [2.45, 2.75) is 13.5 Å². The first-order valence-corrected chi connectivity index (χ1v) is 4.20. The van der Waals surface area contributed by atoms with Gasteiger partial charge in [-0.3, -0.25) is 4.98 Å². The molecule has 0 saturated heterocycles. The fraction of sp³-hybridized carbons (Fsp3) is 0.222. The zero-order chi connectivity index (χ0) is 9.10. The van der Waals surface area contributed by atoms with Gasteiger partial charge in [-0.25, -0.2) is 9.67 Å². The lowest BCUT2D eigenvalue weighted by Gasteiger charge is -2.00. The molecule has 0 unspecified atom stereocenters. The number of pyridine rings is 1. The fourth-order valence-corrected chi connectivity index (χ4v) is 1.21. The number of rotatable bonds is 2. The van der Waals surface area contributed by atoms with Gasteiger partial charge >= 0.3 is 0 Å². The first-order valence-electron chi connectivity index (χ1n) is 4.20. The normalized spacial score (nSPS) is 10.2. The summed E-state index contributed by atoms with van der Waals surface area (Å²) < 4.78 is 1.84. The first-order chi connectivity index (χ1) is 6.42. The predicted molar refractivity (Wildman–Crippen MR) is 48.9 cm³/mol. The average molecular weight is 174 g/mol. The van der Waals surface area contributed by atoms with Gasteiger partial charge in [0.15, 0.2) is 5.82 Å². The molecule has 0 saturated carbocycles. The van der Waals surface area contributed by atoms with E-state index < -0.39 is 0 Å². The smallest absolute Gasteiger partial charge is 0.159 e. The zero-order valence-electron chi connectivity index (χ0n) is 7.38. The molecule has 0 fully saturated rings. The Morgan fingerprint density at radius 3 is 3.08 bits per heavy atom. The van der Waals surface area contributed by atoms with Crippen LogP contribution in [-0.4, -0.2) is 19.7 Å². The predicted octanol–water partition coefficient (Wildman–Crippen LogP) is 1.36. The van der Waals surface area contributed by atoms with Crippen molar-refractivity contribution in [2.75, 3.05) is 0 Å². The summed E-state index contributed by atoms with van der Waals surface area (Å²) in [5.74, 6) is 0.871. The number of aryl methyl sites for hydroxylation is 1. The SMILES string of the molecule is CCn1ncnc1-c1cccnc1. The molecule has 0 N–H and O–H groups in total. The summed E-state index contributed by atoms with van der Waals surface area (Å²) in [6.45, 7) is 2.86. The van der Waals surface area contributed by atoms with Gasteiger partial charge in [0.25, 0.3) is 0 Å². The number of hydrogen-bond donors (Lipinski definition) is 0. The standard InChI is InChI=1S/C9H10N4/c1-2-13-9(11-7-12-13)8-4-3-5-10-6-8/h3-7H,2H2,1H3. The Hall–Kier alpha value is -1.71. The lowest BCUT2D eigenvalue weighted by molar-refractivity contribution is 0.665. The molecular weight excluding hydrogens is 164 g/mol. The van der Waals surface area contributed by atoms with Gasteiger partial charge in [0, 0.05) is 24.5 Å². The Morgan fingerprint density at radius 1 is 1.46 bits per heavy atom. The maximum absolute atomic E-state index is 4.17. The van der Waals surface area contributed by atoms with E-state index in [0.29, 0.717) is 0 Å². The van der Waals surface area contributed by atoms with E-state index in [1.807, 2.05) is 23.7 Å². The van der Waals surface area contributed by atoms with Gasteiger partial charge in [0.1, 0.15) is 6.33 Å². The largest absolute Gasteiger partial charge is 0.264 e. The van der Waals surface area contributed by atoms with Crippen molar-refractivity contribution in [3.05, 3.63) is 30.9 Å². The molecule has 0 aliphatic carbocycles. The molecule has 0 bridgehead atoms. The maximum Gasteiger partial charge on any atom is 0.159 e. The Morgan fingerprint density at radius 2 is 2.38 bits per heavy atom. The van der Waals surface area contributed by atoms with Gasteiger partial charge in [0.2, 0.25) is 0 Å². The third-order valence-electron chi connectivity index (χ3n) is 1.83. The van der Waals surface area contributed by atoms with E-state index in [0.717, 1.165) is 17.9 Å². The van der Waals surface area contributed by atoms with E-state index in [2.05, 4.69) is 15.1 Å². The molecule has 0 atom stereocenters. The van der Waals surface area contributed by atoms with Crippen LogP contribution in [0.5, 0.6) is 0 Å². The molecule has 4 nitrogen and oxygen atoms in total. The molecule has 2 aromatic rings.